The van der Waals surface area contributed by atoms with Crippen LogP contribution in [0.4, 0.5) is 0 Å². The number of carbonyl (C=O) groups is 2. The molecule has 4 aliphatic rings. The van der Waals surface area contributed by atoms with E-state index in [2.05, 4.69) is 67.5 Å². The largest absolute Gasteiger partial charge is 0.393 e. The first kappa shape index (κ1) is 51.1. The fourth-order valence-electron chi connectivity index (χ4n) is 12.0. The van der Waals surface area contributed by atoms with Crippen molar-refractivity contribution in [3.63, 3.8) is 0 Å². The number of aryl methyl sites for hydroxylation is 1. The zero-order valence-corrected chi connectivity index (χ0v) is 40.6. The Morgan fingerprint density at radius 3 is 2.43 bits per heavy atom. The lowest BCUT2D eigenvalue weighted by Crippen LogP contribution is -2.59. The summed E-state index contributed by atoms with van der Waals surface area (Å²) in [5.74, 6) is -1.39. The fraction of sp³-hybridized carbons (Fsp3) is 0.483. The number of rotatable bonds is 9. The number of Topliss-reactive ketones (excluding diaryl/α,β-unsaturated/α-hetero) is 1. The Kier molecular flexibility index (Phi) is 16.8. The van der Waals surface area contributed by atoms with E-state index in [1.54, 1.807) is 0 Å². The maximum absolute atomic E-state index is 14.8. The van der Waals surface area contributed by atoms with Crippen molar-refractivity contribution in [3.8, 4) is 0 Å². The molecule has 3 aromatic rings. The highest BCUT2D eigenvalue weighted by Crippen LogP contribution is 2.63. The Balaban J connectivity index is 1.28. The van der Waals surface area contributed by atoms with Gasteiger partial charge in [-0.1, -0.05) is 114 Å². The second-order valence-corrected chi connectivity index (χ2v) is 20.6. The number of fused-ring (bicyclic) bond motifs is 4. The summed E-state index contributed by atoms with van der Waals surface area (Å²) < 4.78 is 0. The summed E-state index contributed by atoms with van der Waals surface area (Å²) in [4.78, 5) is 28.5. The quantitative estimate of drug-likeness (QED) is 0.0784. The van der Waals surface area contributed by atoms with Crippen molar-refractivity contribution < 1.29 is 35.1 Å². The maximum atomic E-state index is 14.8. The van der Waals surface area contributed by atoms with Gasteiger partial charge in [0.05, 0.1) is 30.5 Å². The summed E-state index contributed by atoms with van der Waals surface area (Å²) in [6.45, 7) is 11.9. The number of aliphatic hydroxyl groups excluding tert-OH is 4. The molecule has 2 aliphatic heterocycles. The van der Waals surface area contributed by atoms with Gasteiger partial charge >= 0.3 is 0 Å². The second kappa shape index (κ2) is 22.3. The molecule has 0 radical (unpaired) electrons. The average molecular weight is 926 g/mol. The minimum Gasteiger partial charge on any atom is -0.393 e. The van der Waals surface area contributed by atoms with E-state index >= 15 is 0 Å². The van der Waals surface area contributed by atoms with Gasteiger partial charge in [-0.2, -0.15) is 0 Å². The zero-order chi connectivity index (χ0) is 48.8. The molecular formula is C58H75N3O7. The van der Waals surface area contributed by atoms with Gasteiger partial charge in [0.2, 0.25) is 5.91 Å². The summed E-state index contributed by atoms with van der Waals surface area (Å²) >= 11 is 0. The van der Waals surface area contributed by atoms with Crippen LogP contribution >= 0.6 is 0 Å². The number of carbonyl (C=O) groups excluding carboxylic acids is 2. The van der Waals surface area contributed by atoms with Crippen LogP contribution in [0.15, 0.2) is 125 Å². The zero-order valence-electron chi connectivity index (χ0n) is 40.6. The van der Waals surface area contributed by atoms with Crippen LogP contribution in [0.2, 0.25) is 0 Å². The summed E-state index contributed by atoms with van der Waals surface area (Å²) in [5, 5.41) is 65.8. The summed E-state index contributed by atoms with van der Waals surface area (Å²) in [6, 6.07) is 21.4. The number of hydrogen-bond donors (Lipinski definition) is 8. The second-order valence-electron chi connectivity index (χ2n) is 20.6. The Bertz CT molecular complexity index is 2430. The van der Waals surface area contributed by atoms with Crippen LogP contribution in [-0.2, 0) is 35.3 Å². The molecule has 7 rings (SSSR count). The first-order valence-corrected chi connectivity index (χ1v) is 24.9. The highest BCUT2D eigenvalue weighted by molar-refractivity contribution is 5.98. The van der Waals surface area contributed by atoms with Gasteiger partial charge in [-0.05, 0) is 161 Å². The fourth-order valence-corrected chi connectivity index (χ4v) is 12.0. The molecule has 1 spiro atoms. The molecule has 2 fully saturated rings. The maximum Gasteiger partial charge on any atom is 0.243 e. The Morgan fingerprint density at radius 2 is 1.68 bits per heavy atom. The number of ketones is 1. The van der Waals surface area contributed by atoms with E-state index < -0.39 is 53.4 Å². The number of allylic oxidation sites excluding steroid dienone is 8. The first-order chi connectivity index (χ1) is 32.5. The third-order valence-electron chi connectivity index (χ3n) is 15.6. The van der Waals surface area contributed by atoms with E-state index in [4.69, 9.17) is 5.73 Å². The normalized spacial score (nSPS) is 29.6. The molecule has 2 saturated carbocycles. The van der Waals surface area contributed by atoms with Crippen molar-refractivity contribution in [1.29, 1.82) is 0 Å². The van der Waals surface area contributed by atoms with E-state index in [9.17, 15) is 35.1 Å². The van der Waals surface area contributed by atoms with Crippen LogP contribution < -0.4 is 16.4 Å². The van der Waals surface area contributed by atoms with Crippen LogP contribution in [-0.4, -0.2) is 74.3 Å². The number of nitrogens with one attached hydrogen (secondary N) is 2. The van der Waals surface area contributed by atoms with Crippen LogP contribution in [0.25, 0.3) is 0 Å². The highest BCUT2D eigenvalue weighted by Gasteiger charge is 2.64. The van der Waals surface area contributed by atoms with Gasteiger partial charge in [-0.25, -0.2) is 0 Å². The molecule has 2 heterocycles. The van der Waals surface area contributed by atoms with E-state index in [0.717, 1.165) is 46.2 Å². The van der Waals surface area contributed by atoms with Crippen molar-refractivity contribution >= 4 is 11.7 Å². The molecule has 68 heavy (non-hydrogen) atoms. The molecule has 9 atom stereocenters. The van der Waals surface area contributed by atoms with E-state index in [0.29, 0.717) is 92.0 Å². The molecule has 0 aromatic heterocycles. The monoisotopic (exact) mass is 926 g/mol. The number of benzene rings is 3. The molecule has 3 aromatic carbocycles. The first-order valence-electron chi connectivity index (χ1n) is 24.9. The van der Waals surface area contributed by atoms with Crippen molar-refractivity contribution in [2.45, 2.75) is 147 Å². The van der Waals surface area contributed by atoms with E-state index in [-0.39, 0.29) is 31.3 Å². The average Bonchev–Trinajstić information content (AvgIpc) is 3.64. The number of β-amino-alcohol motifs (C(OH)–C–C–N with tert-alkyl or cyclic N) is 1. The Morgan fingerprint density at radius 1 is 0.912 bits per heavy atom. The van der Waals surface area contributed by atoms with Gasteiger partial charge in [0.1, 0.15) is 12.2 Å². The molecule has 2 aliphatic carbocycles. The van der Waals surface area contributed by atoms with E-state index in [1.165, 1.54) is 5.57 Å². The Hall–Kier alpha value is -4.78. The minimum absolute atomic E-state index is 0.00746. The third kappa shape index (κ3) is 11.5. The molecule has 2 bridgehead atoms. The van der Waals surface area contributed by atoms with Gasteiger partial charge in [-0.15, -0.1) is 0 Å². The summed E-state index contributed by atoms with van der Waals surface area (Å²) in [7, 11) is 0. The number of amides is 1. The van der Waals surface area contributed by atoms with Crippen molar-refractivity contribution in [3.05, 3.63) is 164 Å². The lowest BCUT2D eigenvalue weighted by molar-refractivity contribution is -0.168. The van der Waals surface area contributed by atoms with Crippen LogP contribution in [0.5, 0.6) is 0 Å². The molecule has 9 unspecified atom stereocenters. The summed E-state index contributed by atoms with van der Waals surface area (Å²) in [6.07, 6.45) is 10.8. The van der Waals surface area contributed by atoms with Crippen LogP contribution in [0.1, 0.15) is 137 Å². The Labute approximate surface area is 403 Å². The molecule has 9 N–H and O–H groups in total. The highest BCUT2D eigenvalue weighted by atomic mass is 16.3. The number of hydrogen-bond acceptors (Lipinski definition) is 9. The molecule has 1 amide bonds. The SMILES string of the molecule is C=C(C=CC=C(CO)C1CCC2(C3CCC(O)Cc4cc(cc(Cc5ccccc5)c4)CCC(O)CNC4C(=O)NC(N)c5cccc(c54)CC(=O)C(C)=C3CCC2(C)O)C1O)CCC=C(C)C. The number of aliphatic hydroxyl groups is 5. The van der Waals surface area contributed by atoms with Gasteiger partial charge in [0.25, 0.3) is 0 Å². The predicted molar refractivity (Wildman–Crippen MR) is 269 cm³/mol. The molecule has 364 valence electrons. The lowest BCUT2D eigenvalue weighted by Gasteiger charge is -2.56. The molecular weight excluding hydrogens is 851 g/mol. The lowest BCUT2D eigenvalue weighted by atomic mass is 9.52. The van der Waals surface area contributed by atoms with Gasteiger partial charge in [0, 0.05) is 24.3 Å². The van der Waals surface area contributed by atoms with E-state index in [1.807, 2.05) is 68.5 Å². The number of nitrogens with two attached hydrogens (primary N) is 1. The standard InChI is InChI=1S/C58H75N3O7/c1-36(2)12-9-13-37(3)14-10-18-44(35-62)48-25-27-58(54(48)66)50-23-22-45(63)32-42-30-40(29-41(31-42)28-39-15-7-6-8-16-39)20-21-46(64)34-60-53-52-43(17-11-19-49(52)55(59)61-56(53)67)33-51(65)38(4)47(50)24-26-57(58,5)68/h6-8,10-12,14-19,29-31,45-46,48,50,53-55,60,62-64,66,68H,3,9,13,20-28,32-35,59H2,1-2,4-5H3,(H,61,67). The van der Waals surface area contributed by atoms with Crippen LogP contribution in [0.3, 0.4) is 0 Å². The molecule has 0 saturated heterocycles. The smallest absolute Gasteiger partial charge is 0.243 e. The van der Waals surface area contributed by atoms with Gasteiger partial charge in [0.15, 0.2) is 5.78 Å². The van der Waals surface area contributed by atoms with Gasteiger partial charge < -0.3 is 36.6 Å². The summed E-state index contributed by atoms with van der Waals surface area (Å²) in [5.41, 5.74) is 14.7. The van der Waals surface area contributed by atoms with Crippen molar-refractivity contribution in [1.82, 2.24) is 10.6 Å². The molecule has 10 heteroatoms. The molecule has 10 nitrogen and oxygen atoms in total. The van der Waals surface area contributed by atoms with Crippen LogP contribution in [0, 0.1) is 17.3 Å². The van der Waals surface area contributed by atoms with Crippen molar-refractivity contribution in [2.75, 3.05) is 13.2 Å². The van der Waals surface area contributed by atoms with Gasteiger partial charge in [-0.3, -0.25) is 14.9 Å². The topological polar surface area (TPSA) is 185 Å². The third-order valence-corrected chi connectivity index (χ3v) is 15.6. The van der Waals surface area contributed by atoms with Crippen molar-refractivity contribution in [2.24, 2.45) is 23.0 Å². The minimum atomic E-state index is -1.33. The predicted octanol–water partition coefficient (Wildman–Crippen LogP) is 7.81.